The number of benzene rings is 1. The highest BCUT2D eigenvalue weighted by Gasteiger charge is 2.47. The van der Waals surface area contributed by atoms with Crippen molar-refractivity contribution in [3.05, 3.63) is 54.2 Å². The Morgan fingerprint density at radius 2 is 1.87 bits per heavy atom. The Labute approximate surface area is 226 Å². The van der Waals surface area contributed by atoms with Gasteiger partial charge in [0.25, 0.3) is 0 Å². The van der Waals surface area contributed by atoms with Gasteiger partial charge in [0.15, 0.2) is 9.84 Å². The zero-order valence-electron chi connectivity index (χ0n) is 21.3. The molecule has 2 heterocycles. The van der Waals surface area contributed by atoms with Crippen LogP contribution in [0.3, 0.4) is 0 Å². The standard InChI is InChI=1S/C28H29FN4O3S2/c1-17(2)38(35,36)21-9-7-18(8-10-21)25-24(32-27(37-25)19-13-20(29)15-31-14-19)22-5-3-4-6-23(22)26(34)33-28(16-30)11-12-28/h7-10,13-15,17,22-23H,3-6,11-12H2,1-2H3,(H,33,34). The van der Waals surface area contributed by atoms with E-state index in [0.717, 1.165) is 41.6 Å². The summed E-state index contributed by atoms with van der Waals surface area (Å²) >= 11 is 1.38. The highest BCUT2D eigenvalue weighted by molar-refractivity contribution is 7.92. The van der Waals surface area contributed by atoms with Gasteiger partial charge in [0.05, 0.1) is 33.0 Å². The Kier molecular flexibility index (Phi) is 7.09. The zero-order chi connectivity index (χ0) is 27.1. The monoisotopic (exact) mass is 552 g/mol. The molecule has 1 N–H and O–H groups in total. The van der Waals surface area contributed by atoms with E-state index in [9.17, 15) is 22.9 Å². The van der Waals surface area contributed by atoms with E-state index in [1.54, 1.807) is 44.3 Å². The van der Waals surface area contributed by atoms with Crippen LogP contribution in [0.25, 0.3) is 21.0 Å². The molecule has 0 spiro atoms. The number of hydrogen-bond donors (Lipinski definition) is 1. The van der Waals surface area contributed by atoms with Gasteiger partial charge in [0, 0.05) is 23.6 Å². The van der Waals surface area contributed by atoms with E-state index < -0.39 is 26.4 Å². The van der Waals surface area contributed by atoms with E-state index in [2.05, 4.69) is 16.4 Å². The molecule has 2 fully saturated rings. The van der Waals surface area contributed by atoms with Crippen LogP contribution >= 0.6 is 11.3 Å². The number of amides is 1. The molecule has 0 saturated heterocycles. The van der Waals surface area contributed by atoms with E-state index in [1.165, 1.54) is 17.4 Å². The number of aromatic nitrogens is 2. The molecule has 7 nitrogen and oxygen atoms in total. The van der Waals surface area contributed by atoms with Gasteiger partial charge in [0.1, 0.15) is 16.4 Å². The maximum Gasteiger partial charge on any atom is 0.225 e. The number of thiazole rings is 1. The molecule has 2 unspecified atom stereocenters. The van der Waals surface area contributed by atoms with Crippen molar-refractivity contribution in [1.29, 1.82) is 5.26 Å². The molecule has 2 atom stereocenters. The fraction of sp³-hybridized carbons (Fsp3) is 0.429. The van der Waals surface area contributed by atoms with Gasteiger partial charge in [-0.05, 0) is 63.3 Å². The van der Waals surface area contributed by atoms with Crippen LogP contribution in [0.5, 0.6) is 0 Å². The van der Waals surface area contributed by atoms with Gasteiger partial charge >= 0.3 is 0 Å². The summed E-state index contributed by atoms with van der Waals surface area (Å²) in [5.74, 6) is -1.11. The molecule has 2 aliphatic carbocycles. The van der Waals surface area contributed by atoms with Gasteiger partial charge in [-0.3, -0.25) is 9.78 Å². The van der Waals surface area contributed by atoms with Gasteiger partial charge in [-0.1, -0.05) is 25.0 Å². The Morgan fingerprint density at radius 1 is 1.16 bits per heavy atom. The second-order valence-corrected chi connectivity index (χ2v) is 13.9. The summed E-state index contributed by atoms with van der Waals surface area (Å²) in [7, 11) is -3.42. The first-order valence-electron chi connectivity index (χ1n) is 12.8. The largest absolute Gasteiger partial charge is 0.338 e. The van der Waals surface area contributed by atoms with Crippen molar-refractivity contribution in [2.75, 3.05) is 0 Å². The summed E-state index contributed by atoms with van der Waals surface area (Å²) in [5.41, 5.74) is 1.33. The number of rotatable bonds is 7. The molecule has 3 aromatic rings. The smallest absolute Gasteiger partial charge is 0.225 e. The lowest BCUT2D eigenvalue weighted by Crippen LogP contribution is -2.42. The topological polar surface area (TPSA) is 113 Å². The van der Waals surface area contributed by atoms with Crippen molar-refractivity contribution in [2.45, 2.75) is 74.0 Å². The van der Waals surface area contributed by atoms with Crippen LogP contribution in [0.2, 0.25) is 0 Å². The number of hydrogen-bond acceptors (Lipinski definition) is 7. The third-order valence-corrected chi connectivity index (χ3v) is 10.8. The molecular weight excluding hydrogens is 523 g/mol. The minimum absolute atomic E-state index is 0.125. The van der Waals surface area contributed by atoms with Gasteiger partial charge in [-0.15, -0.1) is 11.3 Å². The van der Waals surface area contributed by atoms with Crippen LogP contribution in [0.4, 0.5) is 4.39 Å². The number of carbonyl (C=O) groups is 1. The summed E-state index contributed by atoms with van der Waals surface area (Å²) in [6.45, 7) is 3.30. The number of sulfone groups is 1. The summed E-state index contributed by atoms with van der Waals surface area (Å²) in [5, 5.41) is 12.5. The molecular formula is C28H29FN4O3S2. The van der Waals surface area contributed by atoms with Gasteiger partial charge in [-0.2, -0.15) is 5.26 Å². The van der Waals surface area contributed by atoms with Crippen molar-refractivity contribution in [1.82, 2.24) is 15.3 Å². The van der Waals surface area contributed by atoms with Crippen LogP contribution in [-0.4, -0.2) is 35.1 Å². The van der Waals surface area contributed by atoms with Crippen LogP contribution in [0.1, 0.15) is 64.0 Å². The maximum absolute atomic E-state index is 14.0. The Hall–Kier alpha value is -3.16. The first-order valence-corrected chi connectivity index (χ1v) is 15.2. The minimum atomic E-state index is -3.42. The first-order chi connectivity index (χ1) is 18.1. The number of halogens is 1. The molecule has 10 heteroatoms. The first kappa shape index (κ1) is 26.4. The predicted octanol–water partition coefficient (Wildman–Crippen LogP) is 5.64. The Bertz CT molecular complexity index is 1510. The van der Waals surface area contributed by atoms with Crippen molar-refractivity contribution in [2.24, 2.45) is 5.92 Å². The van der Waals surface area contributed by atoms with Crippen molar-refractivity contribution in [3.63, 3.8) is 0 Å². The zero-order valence-corrected chi connectivity index (χ0v) is 22.9. The normalized spacial score (nSPS) is 20.6. The number of pyridine rings is 1. The lowest BCUT2D eigenvalue weighted by atomic mass is 9.76. The molecule has 198 valence electrons. The number of nitriles is 1. The fourth-order valence-electron chi connectivity index (χ4n) is 5.00. The molecule has 2 aliphatic rings. The molecule has 1 amide bonds. The summed E-state index contributed by atoms with van der Waals surface area (Å²) in [4.78, 5) is 23.3. The van der Waals surface area contributed by atoms with Crippen LogP contribution < -0.4 is 5.32 Å². The minimum Gasteiger partial charge on any atom is -0.338 e. The van der Waals surface area contributed by atoms with E-state index >= 15 is 0 Å². The van der Waals surface area contributed by atoms with E-state index in [4.69, 9.17) is 4.98 Å². The van der Waals surface area contributed by atoms with Crippen molar-refractivity contribution < 1.29 is 17.6 Å². The summed E-state index contributed by atoms with van der Waals surface area (Å²) in [6.07, 6.45) is 7.33. The summed E-state index contributed by atoms with van der Waals surface area (Å²) in [6, 6.07) is 10.4. The molecule has 0 bridgehead atoms. The fourth-order valence-corrected chi connectivity index (χ4v) is 7.18. The second kappa shape index (κ2) is 10.2. The highest BCUT2D eigenvalue weighted by Crippen LogP contribution is 2.46. The van der Waals surface area contributed by atoms with E-state index in [1.807, 2.05) is 0 Å². The molecule has 1 aromatic carbocycles. The Morgan fingerprint density at radius 3 is 2.50 bits per heavy atom. The van der Waals surface area contributed by atoms with E-state index in [0.29, 0.717) is 29.8 Å². The van der Waals surface area contributed by atoms with Crippen molar-refractivity contribution in [3.8, 4) is 27.1 Å². The quantitative estimate of drug-likeness (QED) is 0.406. The molecule has 38 heavy (non-hydrogen) atoms. The molecule has 0 aliphatic heterocycles. The number of nitrogens with one attached hydrogen (secondary N) is 1. The summed E-state index contributed by atoms with van der Waals surface area (Å²) < 4.78 is 39.3. The third-order valence-electron chi connectivity index (χ3n) is 7.45. The van der Waals surface area contributed by atoms with Gasteiger partial charge in [-0.25, -0.2) is 17.8 Å². The van der Waals surface area contributed by atoms with E-state index in [-0.39, 0.29) is 22.6 Å². The average molecular weight is 553 g/mol. The van der Waals surface area contributed by atoms with Gasteiger partial charge in [0.2, 0.25) is 5.91 Å². The molecule has 5 rings (SSSR count). The lowest BCUT2D eigenvalue weighted by Gasteiger charge is -2.31. The Balaban J connectivity index is 1.57. The average Bonchev–Trinajstić information content (AvgIpc) is 3.55. The molecule has 2 aromatic heterocycles. The maximum atomic E-state index is 14.0. The van der Waals surface area contributed by atoms with Crippen LogP contribution in [-0.2, 0) is 14.6 Å². The lowest BCUT2D eigenvalue weighted by molar-refractivity contribution is -0.127. The SMILES string of the molecule is CC(C)S(=O)(=O)c1ccc(-c2sc(-c3cncc(F)c3)nc2C2CCCCC2C(=O)NC2(C#N)CC2)cc1. The second-order valence-electron chi connectivity index (χ2n) is 10.4. The third kappa shape index (κ3) is 5.09. The van der Waals surface area contributed by atoms with Crippen LogP contribution in [0.15, 0.2) is 47.6 Å². The van der Waals surface area contributed by atoms with Crippen molar-refractivity contribution >= 4 is 27.1 Å². The molecule has 2 saturated carbocycles. The molecule has 0 radical (unpaired) electrons. The number of nitrogens with zero attached hydrogens (tertiary/aromatic N) is 3. The number of carbonyl (C=O) groups excluding carboxylic acids is 1. The highest BCUT2D eigenvalue weighted by atomic mass is 32.2. The van der Waals surface area contributed by atoms with Crippen LogP contribution in [0, 0.1) is 23.1 Å². The van der Waals surface area contributed by atoms with Gasteiger partial charge < -0.3 is 5.32 Å². The predicted molar refractivity (Wildman–Crippen MR) is 143 cm³/mol.